The Morgan fingerprint density at radius 3 is 2.26 bits per heavy atom. The normalized spacial score (nSPS) is 13.7. The van der Waals surface area contributed by atoms with E-state index in [2.05, 4.69) is 4.98 Å². The smallest absolute Gasteiger partial charge is 0.326 e. The summed E-state index contributed by atoms with van der Waals surface area (Å²) in [6.45, 7) is 9.73. The molecule has 0 fully saturated rings. The summed E-state index contributed by atoms with van der Waals surface area (Å²) >= 11 is 0. The van der Waals surface area contributed by atoms with Crippen molar-refractivity contribution in [1.82, 2.24) is 9.88 Å². The van der Waals surface area contributed by atoms with Gasteiger partial charge >= 0.3 is 11.9 Å². The number of aliphatic carboxylic acids is 1. The van der Waals surface area contributed by atoms with Crippen molar-refractivity contribution in [3.05, 3.63) is 53.1 Å². The van der Waals surface area contributed by atoms with Crippen LogP contribution >= 0.6 is 0 Å². The molecule has 0 aliphatic heterocycles. The minimum absolute atomic E-state index is 0.0918. The van der Waals surface area contributed by atoms with Crippen LogP contribution in [0, 0.1) is 18.7 Å². The van der Waals surface area contributed by atoms with Gasteiger partial charge in [-0.2, -0.15) is 0 Å². The highest BCUT2D eigenvalue weighted by Crippen LogP contribution is 2.36. The first-order chi connectivity index (χ1) is 15.9. The van der Waals surface area contributed by atoms with Crippen molar-refractivity contribution in [2.45, 2.75) is 59.5 Å². The SMILES string of the molecule is COc1ccnc(C(=O)N(C(C)[C@H](c2ccc(C)cc2F)C(C)C)[C@@H](C)C(=O)O)c1OC(C)=O. The second-order valence-corrected chi connectivity index (χ2v) is 8.55. The van der Waals surface area contributed by atoms with Crippen LogP contribution in [0.1, 0.15) is 62.2 Å². The largest absolute Gasteiger partial charge is 0.493 e. The van der Waals surface area contributed by atoms with Crippen LogP contribution in [0.2, 0.25) is 0 Å². The summed E-state index contributed by atoms with van der Waals surface area (Å²) in [5.41, 5.74) is 0.846. The Balaban J connectivity index is 2.67. The number of amides is 1. The number of aromatic nitrogens is 1. The van der Waals surface area contributed by atoms with Crippen molar-refractivity contribution in [3.8, 4) is 11.5 Å². The second kappa shape index (κ2) is 11.1. The molecule has 0 aliphatic rings. The Morgan fingerprint density at radius 2 is 1.76 bits per heavy atom. The number of aryl methyl sites for hydroxylation is 1. The van der Waals surface area contributed by atoms with Gasteiger partial charge in [0.15, 0.2) is 11.4 Å². The van der Waals surface area contributed by atoms with E-state index in [1.807, 2.05) is 13.8 Å². The number of pyridine rings is 1. The number of methoxy groups -OCH3 is 1. The summed E-state index contributed by atoms with van der Waals surface area (Å²) in [5.74, 6) is -3.95. The maximum Gasteiger partial charge on any atom is 0.326 e. The molecular weight excluding hydrogens is 443 g/mol. The lowest BCUT2D eigenvalue weighted by Crippen LogP contribution is -2.51. The fraction of sp³-hybridized carbons (Fsp3) is 0.440. The third-order valence-corrected chi connectivity index (χ3v) is 5.74. The van der Waals surface area contributed by atoms with E-state index in [1.165, 1.54) is 32.4 Å². The van der Waals surface area contributed by atoms with E-state index in [-0.39, 0.29) is 23.1 Å². The van der Waals surface area contributed by atoms with Gasteiger partial charge in [0.2, 0.25) is 5.75 Å². The summed E-state index contributed by atoms with van der Waals surface area (Å²) in [7, 11) is 1.34. The molecular formula is C25H31FN2O6. The van der Waals surface area contributed by atoms with Crippen LogP contribution in [-0.2, 0) is 9.59 Å². The molecule has 1 N–H and O–H groups in total. The van der Waals surface area contributed by atoms with Crippen LogP contribution in [0.3, 0.4) is 0 Å². The molecule has 0 saturated carbocycles. The number of halogens is 1. The number of hydrogen-bond donors (Lipinski definition) is 1. The molecule has 0 bridgehead atoms. The van der Waals surface area contributed by atoms with E-state index in [9.17, 15) is 23.9 Å². The van der Waals surface area contributed by atoms with Gasteiger partial charge in [0, 0.05) is 31.1 Å². The topological polar surface area (TPSA) is 106 Å². The Bertz CT molecular complexity index is 1070. The van der Waals surface area contributed by atoms with Crippen LogP contribution in [0.15, 0.2) is 30.5 Å². The number of carbonyl (C=O) groups excluding carboxylic acids is 2. The second-order valence-electron chi connectivity index (χ2n) is 8.55. The number of ether oxygens (including phenoxy) is 2. The monoisotopic (exact) mass is 474 g/mol. The summed E-state index contributed by atoms with van der Waals surface area (Å²) in [6, 6.07) is 4.22. The maximum atomic E-state index is 15.0. The van der Waals surface area contributed by atoms with E-state index < -0.39 is 41.7 Å². The Hall–Kier alpha value is -3.49. The zero-order chi connectivity index (χ0) is 25.7. The molecule has 0 spiro atoms. The quantitative estimate of drug-likeness (QED) is 0.543. The van der Waals surface area contributed by atoms with Gasteiger partial charge in [0.1, 0.15) is 11.9 Å². The van der Waals surface area contributed by atoms with E-state index in [0.717, 1.165) is 17.4 Å². The zero-order valence-electron chi connectivity index (χ0n) is 20.5. The summed E-state index contributed by atoms with van der Waals surface area (Å²) in [6.07, 6.45) is 1.30. The minimum atomic E-state index is -1.28. The molecule has 1 amide bonds. The van der Waals surface area contributed by atoms with Crippen molar-refractivity contribution in [1.29, 1.82) is 0 Å². The van der Waals surface area contributed by atoms with Crippen molar-refractivity contribution < 1.29 is 33.4 Å². The van der Waals surface area contributed by atoms with Crippen LogP contribution < -0.4 is 9.47 Å². The molecule has 8 nitrogen and oxygen atoms in total. The third-order valence-electron chi connectivity index (χ3n) is 5.74. The zero-order valence-corrected chi connectivity index (χ0v) is 20.5. The number of hydrogen-bond acceptors (Lipinski definition) is 6. The molecule has 9 heteroatoms. The molecule has 3 atom stereocenters. The Labute approximate surface area is 198 Å². The molecule has 0 radical (unpaired) electrons. The van der Waals surface area contributed by atoms with Crippen molar-refractivity contribution in [2.24, 2.45) is 5.92 Å². The highest BCUT2D eigenvalue weighted by Gasteiger charge is 2.39. The lowest BCUT2D eigenvalue weighted by molar-refractivity contribution is -0.142. The fourth-order valence-electron chi connectivity index (χ4n) is 4.19. The lowest BCUT2D eigenvalue weighted by atomic mass is 9.81. The highest BCUT2D eigenvalue weighted by atomic mass is 19.1. The van der Waals surface area contributed by atoms with Crippen molar-refractivity contribution in [2.75, 3.05) is 7.11 Å². The number of rotatable bonds is 9. The third kappa shape index (κ3) is 5.70. The number of nitrogens with zero attached hydrogens (tertiary/aromatic N) is 2. The average molecular weight is 475 g/mol. The number of carboxylic acids is 1. The Morgan fingerprint density at radius 1 is 1.12 bits per heavy atom. The first-order valence-electron chi connectivity index (χ1n) is 10.9. The van der Waals surface area contributed by atoms with Gasteiger partial charge in [-0.15, -0.1) is 0 Å². The molecule has 0 saturated heterocycles. The molecule has 184 valence electrons. The van der Waals surface area contributed by atoms with E-state index >= 15 is 0 Å². The highest BCUT2D eigenvalue weighted by molar-refractivity contribution is 5.98. The van der Waals surface area contributed by atoms with E-state index in [4.69, 9.17) is 9.47 Å². The lowest BCUT2D eigenvalue weighted by Gasteiger charge is -2.39. The molecule has 34 heavy (non-hydrogen) atoms. The van der Waals surface area contributed by atoms with Gasteiger partial charge in [-0.25, -0.2) is 14.2 Å². The van der Waals surface area contributed by atoms with Gasteiger partial charge in [0.05, 0.1) is 7.11 Å². The molecule has 2 aromatic rings. The minimum Gasteiger partial charge on any atom is -0.493 e. The number of carboxylic acid groups (broad SMARTS) is 1. The molecule has 1 heterocycles. The number of benzene rings is 1. The Kier molecular flexibility index (Phi) is 8.73. The van der Waals surface area contributed by atoms with Gasteiger partial charge in [-0.1, -0.05) is 26.0 Å². The van der Waals surface area contributed by atoms with Gasteiger partial charge in [0.25, 0.3) is 5.91 Å². The predicted octanol–water partition coefficient (Wildman–Crippen LogP) is 4.21. The molecule has 0 aliphatic carbocycles. The summed E-state index contributed by atoms with van der Waals surface area (Å²) in [5, 5.41) is 9.80. The first-order valence-corrected chi connectivity index (χ1v) is 10.9. The van der Waals surface area contributed by atoms with Gasteiger partial charge < -0.3 is 19.5 Å². The van der Waals surface area contributed by atoms with Crippen molar-refractivity contribution >= 4 is 17.8 Å². The number of carbonyl (C=O) groups is 3. The number of esters is 1. The predicted molar refractivity (Wildman–Crippen MR) is 124 cm³/mol. The summed E-state index contributed by atoms with van der Waals surface area (Å²) in [4.78, 5) is 42.7. The molecule has 1 aromatic carbocycles. The summed E-state index contributed by atoms with van der Waals surface area (Å²) < 4.78 is 25.4. The van der Waals surface area contributed by atoms with Crippen LogP contribution in [0.25, 0.3) is 0 Å². The maximum absolute atomic E-state index is 15.0. The van der Waals surface area contributed by atoms with Crippen molar-refractivity contribution in [3.63, 3.8) is 0 Å². The van der Waals surface area contributed by atoms with E-state index in [0.29, 0.717) is 5.56 Å². The average Bonchev–Trinajstić information content (AvgIpc) is 2.74. The van der Waals surface area contributed by atoms with Crippen LogP contribution in [0.4, 0.5) is 4.39 Å². The molecule has 1 aromatic heterocycles. The standard InChI is InChI=1S/C25H31FN2O6/c1-13(2)21(18-9-8-14(3)12-19(18)26)15(4)28(16(5)25(31)32)24(30)22-23(34-17(6)29)20(33-7)10-11-27-22/h8-13,15-16,21H,1-7H3,(H,31,32)/t15?,16-,21+/m0/s1. The molecule has 2 rings (SSSR count). The fourth-order valence-corrected chi connectivity index (χ4v) is 4.19. The van der Waals surface area contributed by atoms with Gasteiger partial charge in [-0.05, 0) is 43.9 Å². The van der Waals surface area contributed by atoms with Gasteiger partial charge in [-0.3, -0.25) is 9.59 Å². The van der Waals surface area contributed by atoms with E-state index in [1.54, 1.807) is 26.0 Å². The molecule has 1 unspecified atom stereocenters. The van der Waals surface area contributed by atoms with Crippen LogP contribution in [0.5, 0.6) is 11.5 Å². The van der Waals surface area contributed by atoms with Crippen LogP contribution in [-0.4, -0.2) is 52.0 Å². The first kappa shape index (κ1) is 26.8.